The average Bonchev–Trinajstić information content (AvgIpc) is 2.48. The summed E-state index contributed by atoms with van der Waals surface area (Å²) in [6.45, 7) is 13.9. The fourth-order valence-corrected chi connectivity index (χ4v) is 1.62. The number of hydrogen-bond donors (Lipinski definition) is 1. The zero-order valence-corrected chi connectivity index (χ0v) is 14.0. The number of phenols is 1. The zero-order valence-electron chi connectivity index (χ0n) is 14.0. The van der Waals surface area contributed by atoms with Crippen molar-refractivity contribution in [3.05, 3.63) is 28.8 Å². The van der Waals surface area contributed by atoms with E-state index in [1.165, 1.54) is 0 Å². The van der Waals surface area contributed by atoms with Gasteiger partial charge in [0.05, 0.1) is 6.61 Å². The Morgan fingerprint density at radius 1 is 1.15 bits per heavy atom. The van der Waals surface area contributed by atoms with Gasteiger partial charge in [0, 0.05) is 6.42 Å². The fourth-order valence-electron chi connectivity index (χ4n) is 1.62. The lowest BCUT2D eigenvalue weighted by Crippen LogP contribution is -2.05. The summed E-state index contributed by atoms with van der Waals surface area (Å²) in [6.07, 6.45) is 0.968. The molecule has 0 spiro atoms. The van der Waals surface area contributed by atoms with Crippen molar-refractivity contribution >= 4 is 5.97 Å². The first-order chi connectivity index (χ1) is 9.56. The Balaban J connectivity index is 0. The van der Waals surface area contributed by atoms with E-state index in [0.29, 0.717) is 25.2 Å². The molecule has 3 nitrogen and oxygen atoms in total. The minimum Gasteiger partial charge on any atom is -0.507 e. The molecule has 0 aliphatic heterocycles. The second kappa shape index (κ2) is 12.5. The first-order valence-corrected chi connectivity index (χ1v) is 7.50. The van der Waals surface area contributed by atoms with Crippen LogP contribution in [0.5, 0.6) is 5.75 Å². The highest BCUT2D eigenvalue weighted by Gasteiger charge is 2.08. The predicted octanol–water partition coefficient (Wildman–Crippen LogP) is 4.56. The van der Waals surface area contributed by atoms with E-state index in [4.69, 9.17) is 4.74 Å². The van der Waals surface area contributed by atoms with Crippen LogP contribution in [0.2, 0.25) is 0 Å². The first kappa shape index (κ1) is 20.8. The van der Waals surface area contributed by atoms with Crippen LogP contribution in [0.3, 0.4) is 0 Å². The quantitative estimate of drug-likeness (QED) is 0.824. The second-order valence-electron chi connectivity index (χ2n) is 3.82. The lowest BCUT2D eigenvalue weighted by atomic mass is 10.0. The van der Waals surface area contributed by atoms with Crippen LogP contribution in [-0.2, 0) is 16.0 Å². The van der Waals surface area contributed by atoms with Crippen LogP contribution in [0.15, 0.2) is 12.1 Å². The number of benzene rings is 1. The third kappa shape index (κ3) is 7.17. The summed E-state index contributed by atoms with van der Waals surface area (Å²) < 4.78 is 4.86. The van der Waals surface area contributed by atoms with E-state index < -0.39 is 0 Å². The van der Waals surface area contributed by atoms with Gasteiger partial charge in [0.2, 0.25) is 0 Å². The maximum absolute atomic E-state index is 11.2. The van der Waals surface area contributed by atoms with Gasteiger partial charge in [-0.1, -0.05) is 39.8 Å². The van der Waals surface area contributed by atoms with Gasteiger partial charge in [-0.05, 0) is 43.9 Å². The van der Waals surface area contributed by atoms with Crippen molar-refractivity contribution in [2.75, 3.05) is 6.61 Å². The molecule has 0 fully saturated rings. The van der Waals surface area contributed by atoms with Gasteiger partial charge in [-0.3, -0.25) is 4.79 Å². The predicted molar refractivity (Wildman–Crippen MR) is 85.2 cm³/mol. The molecule has 0 atom stereocenters. The Hall–Kier alpha value is -1.51. The monoisotopic (exact) mass is 282 g/mol. The Morgan fingerprint density at radius 2 is 1.70 bits per heavy atom. The number of phenolic OH excluding ortho intramolecular Hbond substituents is 1. The Bertz CT molecular complexity index is 384. The van der Waals surface area contributed by atoms with E-state index in [1.54, 1.807) is 6.92 Å². The average molecular weight is 282 g/mol. The minimum atomic E-state index is -0.193. The van der Waals surface area contributed by atoms with Crippen molar-refractivity contribution in [2.24, 2.45) is 0 Å². The van der Waals surface area contributed by atoms with Crippen molar-refractivity contribution in [3.63, 3.8) is 0 Å². The highest BCUT2D eigenvalue weighted by Crippen LogP contribution is 2.25. The Labute approximate surface area is 124 Å². The maximum Gasteiger partial charge on any atom is 0.306 e. The molecule has 1 N–H and O–H groups in total. The second-order valence-corrected chi connectivity index (χ2v) is 3.82. The van der Waals surface area contributed by atoms with E-state index in [9.17, 15) is 9.90 Å². The van der Waals surface area contributed by atoms with Crippen LogP contribution in [0, 0.1) is 13.8 Å². The first-order valence-electron chi connectivity index (χ1n) is 7.50. The van der Waals surface area contributed by atoms with Crippen molar-refractivity contribution in [3.8, 4) is 5.75 Å². The van der Waals surface area contributed by atoms with Gasteiger partial charge in [-0.2, -0.15) is 0 Å². The van der Waals surface area contributed by atoms with Gasteiger partial charge in [0.25, 0.3) is 0 Å². The summed E-state index contributed by atoms with van der Waals surface area (Å²) in [6, 6.07) is 3.81. The molecule has 1 rings (SSSR count). The number of rotatable bonds is 4. The summed E-state index contributed by atoms with van der Waals surface area (Å²) in [5.41, 5.74) is 2.71. The molecule has 3 heteroatoms. The number of carbonyl (C=O) groups excluding carboxylic acids is 1. The molecule has 0 saturated carbocycles. The van der Waals surface area contributed by atoms with Gasteiger partial charge < -0.3 is 9.84 Å². The molecule has 0 amide bonds. The summed E-state index contributed by atoms with van der Waals surface area (Å²) in [5, 5.41) is 9.74. The van der Waals surface area contributed by atoms with Gasteiger partial charge in [-0.25, -0.2) is 0 Å². The highest BCUT2D eigenvalue weighted by molar-refractivity contribution is 5.69. The standard InChI is InChI=1S/C13H18O3.2C2H6/c1-4-16-12(14)8-7-11-6-5-9(2)13(15)10(11)3;2*1-2/h5-6,15H,4,7-8H2,1-3H3;2*1-2H3. The van der Waals surface area contributed by atoms with Gasteiger partial charge in [0.1, 0.15) is 5.75 Å². The molecule has 0 heterocycles. The van der Waals surface area contributed by atoms with Crippen LogP contribution >= 0.6 is 0 Å². The largest absolute Gasteiger partial charge is 0.507 e. The third-order valence-electron chi connectivity index (χ3n) is 2.65. The van der Waals surface area contributed by atoms with E-state index in [2.05, 4.69) is 0 Å². The minimum absolute atomic E-state index is 0.193. The van der Waals surface area contributed by atoms with Gasteiger partial charge >= 0.3 is 5.97 Å². The van der Waals surface area contributed by atoms with Crippen LogP contribution in [0.1, 0.15) is 57.7 Å². The number of aryl methyl sites for hydroxylation is 2. The number of ether oxygens (including phenoxy) is 1. The van der Waals surface area contributed by atoms with Crippen molar-refractivity contribution in [2.45, 2.75) is 61.3 Å². The summed E-state index contributed by atoms with van der Waals surface area (Å²) in [4.78, 5) is 11.2. The van der Waals surface area contributed by atoms with E-state index in [1.807, 2.05) is 53.7 Å². The molecule has 0 aliphatic carbocycles. The molecular weight excluding hydrogens is 252 g/mol. The summed E-state index contributed by atoms with van der Waals surface area (Å²) >= 11 is 0. The molecular formula is C17H30O3. The van der Waals surface area contributed by atoms with E-state index in [-0.39, 0.29) is 5.97 Å². The van der Waals surface area contributed by atoms with Crippen LogP contribution in [0.25, 0.3) is 0 Å². The SMILES string of the molecule is CC.CC.CCOC(=O)CCc1ccc(C)c(O)c1C. The smallest absolute Gasteiger partial charge is 0.306 e. The van der Waals surface area contributed by atoms with Gasteiger partial charge in [-0.15, -0.1) is 0 Å². The molecule has 0 radical (unpaired) electrons. The topological polar surface area (TPSA) is 46.5 Å². The number of esters is 1. The molecule has 20 heavy (non-hydrogen) atoms. The number of carbonyl (C=O) groups is 1. The molecule has 0 aromatic heterocycles. The van der Waals surface area contributed by atoms with E-state index >= 15 is 0 Å². The van der Waals surface area contributed by atoms with Crippen molar-refractivity contribution < 1.29 is 14.6 Å². The molecule has 0 bridgehead atoms. The van der Waals surface area contributed by atoms with Crippen molar-refractivity contribution in [1.29, 1.82) is 0 Å². The third-order valence-corrected chi connectivity index (χ3v) is 2.65. The highest BCUT2D eigenvalue weighted by atomic mass is 16.5. The van der Waals surface area contributed by atoms with Crippen LogP contribution in [0.4, 0.5) is 0 Å². The lowest BCUT2D eigenvalue weighted by molar-refractivity contribution is -0.143. The fraction of sp³-hybridized carbons (Fsp3) is 0.588. The van der Waals surface area contributed by atoms with Crippen molar-refractivity contribution in [1.82, 2.24) is 0 Å². The van der Waals surface area contributed by atoms with Crippen LogP contribution < -0.4 is 0 Å². The van der Waals surface area contributed by atoms with Crippen LogP contribution in [-0.4, -0.2) is 17.7 Å². The maximum atomic E-state index is 11.2. The Morgan fingerprint density at radius 3 is 2.20 bits per heavy atom. The molecule has 0 saturated heterocycles. The summed E-state index contributed by atoms with van der Waals surface area (Å²) in [5.74, 6) is 0.128. The van der Waals surface area contributed by atoms with Gasteiger partial charge in [0.15, 0.2) is 0 Å². The number of hydrogen-bond acceptors (Lipinski definition) is 3. The summed E-state index contributed by atoms with van der Waals surface area (Å²) in [7, 11) is 0. The number of aromatic hydroxyl groups is 1. The molecule has 116 valence electrons. The molecule has 0 unspecified atom stereocenters. The van der Waals surface area contributed by atoms with E-state index in [0.717, 1.165) is 16.7 Å². The Kier molecular flexibility index (Phi) is 13.0. The molecule has 1 aromatic carbocycles. The normalized spacial score (nSPS) is 8.75. The molecule has 1 aromatic rings. The molecule has 0 aliphatic rings. The zero-order chi connectivity index (χ0) is 16.1. The lowest BCUT2D eigenvalue weighted by Gasteiger charge is -2.09.